The lowest BCUT2D eigenvalue weighted by atomic mass is 10.3. The summed E-state index contributed by atoms with van der Waals surface area (Å²) in [5.74, 6) is 0.602. The fourth-order valence-electron chi connectivity index (χ4n) is 1.31. The SMILES string of the molecule is CC(CS(C)=O)Nc1ncc(Br)cc1[N+](=O)[O-]. The minimum atomic E-state index is -0.960. The first-order valence-corrected chi connectivity index (χ1v) is 7.28. The molecule has 1 aromatic rings. The Kier molecular flexibility index (Phi) is 5.01. The molecule has 0 spiro atoms. The van der Waals surface area contributed by atoms with Gasteiger partial charge in [0.05, 0.1) is 4.92 Å². The second-order valence-corrected chi connectivity index (χ2v) is 5.96. The Morgan fingerprint density at radius 1 is 1.71 bits per heavy atom. The minimum absolute atomic E-state index is 0.104. The average molecular weight is 322 g/mol. The highest BCUT2D eigenvalue weighted by Crippen LogP contribution is 2.25. The van der Waals surface area contributed by atoms with Gasteiger partial charge in [0.2, 0.25) is 5.82 Å². The third-order valence-electron chi connectivity index (χ3n) is 1.90. The lowest BCUT2D eigenvalue weighted by Gasteiger charge is -2.12. The van der Waals surface area contributed by atoms with Crippen molar-refractivity contribution in [2.24, 2.45) is 0 Å². The predicted octanol–water partition coefficient (Wildman–Crippen LogP) is 1.93. The zero-order chi connectivity index (χ0) is 13.0. The fourth-order valence-corrected chi connectivity index (χ4v) is 2.41. The molecule has 6 nitrogen and oxygen atoms in total. The van der Waals surface area contributed by atoms with Gasteiger partial charge in [0.1, 0.15) is 0 Å². The second kappa shape index (κ2) is 6.06. The largest absolute Gasteiger partial charge is 0.361 e. The number of hydrogen-bond donors (Lipinski definition) is 1. The van der Waals surface area contributed by atoms with Crippen LogP contribution < -0.4 is 5.32 Å². The minimum Gasteiger partial charge on any atom is -0.361 e. The van der Waals surface area contributed by atoms with Crippen LogP contribution in [0.25, 0.3) is 0 Å². The lowest BCUT2D eigenvalue weighted by Crippen LogP contribution is -2.23. The van der Waals surface area contributed by atoms with Crippen LogP contribution in [0.3, 0.4) is 0 Å². The van der Waals surface area contributed by atoms with E-state index in [9.17, 15) is 14.3 Å². The van der Waals surface area contributed by atoms with Gasteiger partial charge in [0, 0.05) is 45.6 Å². The Balaban J connectivity index is 2.90. The molecule has 0 fully saturated rings. The normalized spacial score (nSPS) is 14.1. The summed E-state index contributed by atoms with van der Waals surface area (Å²) in [5, 5.41) is 13.7. The third-order valence-corrected chi connectivity index (χ3v) is 3.30. The van der Waals surface area contributed by atoms with Crippen molar-refractivity contribution in [3.63, 3.8) is 0 Å². The van der Waals surface area contributed by atoms with Crippen molar-refractivity contribution in [1.82, 2.24) is 4.98 Å². The first kappa shape index (κ1) is 14.0. The van der Waals surface area contributed by atoms with E-state index in [2.05, 4.69) is 26.2 Å². The van der Waals surface area contributed by atoms with E-state index < -0.39 is 15.7 Å². The molecule has 17 heavy (non-hydrogen) atoms. The van der Waals surface area contributed by atoms with E-state index in [4.69, 9.17) is 0 Å². The molecular weight excluding hydrogens is 310 g/mol. The van der Waals surface area contributed by atoms with Crippen molar-refractivity contribution < 1.29 is 9.13 Å². The molecule has 1 N–H and O–H groups in total. The van der Waals surface area contributed by atoms with Crippen LogP contribution in [0.4, 0.5) is 11.5 Å². The molecule has 0 aliphatic heterocycles. The van der Waals surface area contributed by atoms with Gasteiger partial charge >= 0.3 is 5.69 Å². The molecule has 0 aliphatic rings. The Morgan fingerprint density at radius 2 is 2.35 bits per heavy atom. The summed E-state index contributed by atoms with van der Waals surface area (Å²) in [6.07, 6.45) is 3.06. The van der Waals surface area contributed by atoms with Crippen LogP contribution >= 0.6 is 15.9 Å². The maximum Gasteiger partial charge on any atom is 0.312 e. The highest BCUT2D eigenvalue weighted by Gasteiger charge is 2.17. The number of nitrogens with one attached hydrogen (secondary N) is 1. The second-order valence-electron chi connectivity index (χ2n) is 3.56. The van der Waals surface area contributed by atoms with Crippen molar-refractivity contribution in [2.75, 3.05) is 17.3 Å². The highest BCUT2D eigenvalue weighted by atomic mass is 79.9. The standard InChI is InChI=1S/C9H12BrN3O3S/c1-6(5-17(2)16)12-9-8(13(14)15)3-7(10)4-11-9/h3-4,6H,5H2,1-2H3,(H,11,12). The van der Waals surface area contributed by atoms with Crippen LogP contribution in [0.15, 0.2) is 16.7 Å². The van der Waals surface area contributed by atoms with E-state index in [1.54, 1.807) is 13.2 Å². The smallest absolute Gasteiger partial charge is 0.312 e. The molecule has 0 bridgehead atoms. The van der Waals surface area contributed by atoms with Gasteiger partial charge in [-0.15, -0.1) is 0 Å². The number of anilines is 1. The van der Waals surface area contributed by atoms with E-state index in [-0.39, 0.29) is 17.5 Å². The van der Waals surface area contributed by atoms with Crippen molar-refractivity contribution in [3.05, 3.63) is 26.9 Å². The number of hydrogen-bond acceptors (Lipinski definition) is 5. The third kappa shape index (κ3) is 4.39. The van der Waals surface area contributed by atoms with Crippen LogP contribution in [-0.2, 0) is 10.8 Å². The summed E-state index contributed by atoms with van der Waals surface area (Å²) in [7, 11) is -0.960. The average Bonchev–Trinajstić information content (AvgIpc) is 2.19. The maximum atomic E-state index is 11.0. The highest BCUT2D eigenvalue weighted by molar-refractivity contribution is 9.10. The Bertz CT molecular complexity index is 455. The zero-order valence-electron chi connectivity index (χ0n) is 9.34. The molecule has 0 aliphatic carbocycles. The van der Waals surface area contributed by atoms with Crippen LogP contribution in [0.1, 0.15) is 6.92 Å². The first-order valence-electron chi connectivity index (χ1n) is 4.76. The zero-order valence-corrected chi connectivity index (χ0v) is 11.7. The van der Waals surface area contributed by atoms with Gasteiger partial charge in [0.15, 0.2) is 0 Å². The summed E-state index contributed by atoms with van der Waals surface area (Å²) in [6.45, 7) is 1.80. The molecule has 2 unspecified atom stereocenters. The molecule has 1 rings (SSSR count). The first-order chi connectivity index (χ1) is 7.90. The van der Waals surface area contributed by atoms with E-state index >= 15 is 0 Å². The van der Waals surface area contributed by atoms with Gasteiger partial charge in [-0.1, -0.05) is 0 Å². The van der Waals surface area contributed by atoms with E-state index in [0.29, 0.717) is 10.2 Å². The van der Waals surface area contributed by atoms with Gasteiger partial charge < -0.3 is 5.32 Å². The predicted molar refractivity (Wildman–Crippen MR) is 70.6 cm³/mol. The van der Waals surface area contributed by atoms with Gasteiger partial charge in [-0.25, -0.2) is 4.98 Å². The van der Waals surface area contributed by atoms with Gasteiger partial charge in [-0.3, -0.25) is 14.3 Å². The molecule has 94 valence electrons. The van der Waals surface area contributed by atoms with Gasteiger partial charge in [-0.05, 0) is 22.9 Å². The Labute approximate surface area is 110 Å². The summed E-state index contributed by atoms with van der Waals surface area (Å²) in [4.78, 5) is 14.3. The number of aromatic nitrogens is 1. The molecule has 1 aromatic heterocycles. The molecule has 8 heteroatoms. The number of rotatable bonds is 5. The number of nitro groups is 1. The van der Waals surface area contributed by atoms with Crippen LogP contribution in [0.2, 0.25) is 0 Å². The Morgan fingerprint density at radius 3 is 2.88 bits per heavy atom. The van der Waals surface area contributed by atoms with Gasteiger partial charge in [0.25, 0.3) is 0 Å². The fraction of sp³-hybridized carbons (Fsp3) is 0.444. The van der Waals surface area contributed by atoms with E-state index in [1.165, 1.54) is 12.3 Å². The number of pyridine rings is 1. The topological polar surface area (TPSA) is 85.1 Å². The van der Waals surface area contributed by atoms with Crippen LogP contribution in [0, 0.1) is 10.1 Å². The molecular formula is C9H12BrN3O3S. The summed E-state index contributed by atoms with van der Waals surface area (Å²) < 4.78 is 11.6. The molecule has 0 radical (unpaired) electrons. The lowest BCUT2D eigenvalue weighted by molar-refractivity contribution is -0.384. The number of nitrogens with zero attached hydrogens (tertiary/aromatic N) is 2. The molecule has 0 amide bonds. The van der Waals surface area contributed by atoms with Gasteiger partial charge in [-0.2, -0.15) is 0 Å². The quantitative estimate of drug-likeness (QED) is 0.661. The summed E-state index contributed by atoms with van der Waals surface area (Å²) in [6, 6.07) is 1.23. The van der Waals surface area contributed by atoms with Crippen molar-refractivity contribution in [2.45, 2.75) is 13.0 Å². The molecule has 2 atom stereocenters. The molecule has 1 heterocycles. The van der Waals surface area contributed by atoms with E-state index in [1.807, 2.05) is 0 Å². The van der Waals surface area contributed by atoms with Crippen LogP contribution in [0.5, 0.6) is 0 Å². The van der Waals surface area contributed by atoms with Crippen molar-refractivity contribution >= 4 is 38.2 Å². The molecule has 0 aromatic carbocycles. The maximum absolute atomic E-state index is 11.0. The summed E-state index contributed by atoms with van der Waals surface area (Å²) >= 11 is 3.13. The molecule has 0 saturated carbocycles. The monoisotopic (exact) mass is 321 g/mol. The number of halogens is 1. The Hall–Kier alpha value is -1.02. The van der Waals surface area contributed by atoms with E-state index in [0.717, 1.165) is 0 Å². The van der Waals surface area contributed by atoms with Crippen molar-refractivity contribution in [1.29, 1.82) is 0 Å². The summed E-state index contributed by atoms with van der Waals surface area (Å²) in [5.41, 5.74) is -0.104. The van der Waals surface area contributed by atoms with Crippen LogP contribution in [-0.4, -0.2) is 32.2 Å². The van der Waals surface area contributed by atoms with Crippen molar-refractivity contribution in [3.8, 4) is 0 Å². The molecule has 0 saturated heterocycles.